The van der Waals surface area contributed by atoms with Crippen molar-refractivity contribution in [3.05, 3.63) is 106 Å². The van der Waals surface area contributed by atoms with Gasteiger partial charge < -0.3 is 4.74 Å². The van der Waals surface area contributed by atoms with Crippen molar-refractivity contribution in [1.82, 2.24) is 9.97 Å². The zero-order chi connectivity index (χ0) is 28.9. The molecule has 0 aliphatic heterocycles. The van der Waals surface area contributed by atoms with Crippen LogP contribution in [0.3, 0.4) is 0 Å². The normalized spacial score (nSPS) is 12.8. The van der Waals surface area contributed by atoms with Crippen molar-refractivity contribution >= 4 is 22.7 Å². The highest BCUT2D eigenvalue weighted by Gasteiger charge is 2.16. The van der Waals surface area contributed by atoms with Gasteiger partial charge in [-0.1, -0.05) is 74.6 Å². The van der Waals surface area contributed by atoms with Crippen molar-refractivity contribution in [1.29, 1.82) is 0 Å². The molecule has 2 aromatic carbocycles. The molecule has 0 saturated carbocycles. The Hall–Kier alpha value is -3.75. The van der Waals surface area contributed by atoms with E-state index in [0.717, 1.165) is 60.3 Å². The summed E-state index contributed by atoms with van der Waals surface area (Å²) >= 11 is 1.64. The van der Waals surface area contributed by atoms with Crippen LogP contribution in [0.2, 0.25) is 0 Å². The van der Waals surface area contributed by atoms with E-state index in [-0.39, 0.29) is 0 Å². The summed E-state index contributed by atoms with van der Waals surface area (Å²) in [6.45, 7) is 9.36. The lowest BCUT2D eigenvalue weighted by Crippen LogP contribution is -2.08. The van der Waals surface area contributed by atoms with Gasteiger partial charge in [-0.3, -0.25) is 9.98 Å². The summed E-state index contributed by atoms with van der Waals surface area (Å²) < 4.78 is 6.02. The van der Waals surface area contributed by atoms with Crippen LogP contribution in [0, 0.1) is 24.7 Å². The highest BCUT2D eigenvalue weighted by atomic mass is 32.1. The number of rotatable bonds is 13. The lowest BCUT2D eigenvalue weighted by molar-refractivity contribution is 0.292. The van der Waals surface area contributed by atoms with E-state index in [4.69, 9.17) is 14.7 Å². The Bertz CT molecular complexity index is 1450. The second kappa shape index (κ2) is 15.9. The molecule has 5 heteroatoms. The third-order valence-electron chi connectivity index (χ3n) is 7.11. The smallest absolute Gasteiger partial charge is 0.213 e. The fraction of sp³-hybridized carbons (Fsp3) is 0.361. The standard InChI is InChI=1S/C36H41N3OS/c1-5-11-31(34-16-10-17-36(39-34)40-25-30-12-7-6-8-13-30)20-18-27(2)22-29(4)38-35-21-19-28(3)23-32(35)14-9-15-33-24-37-26-41-33/h6-8,10,12-13,16-17,19,21,23-24,26-27,31H,5,11,15,18,20,22,25H2,1-4H3. The third-order valence-corrected chi connectivity index (χ3v) is 7.89. The number of aliphatic imine (C=N–C) groups is 1. The molecule has 41 heavy (non-hydrogen) atoms. The molecular weight excluding hydrogens is 522 g/mol. The fourth-order valence-corrected chi connectivity index (χ4v) is 5.54. The van der Waals surface area contributed by atoms with Crippen LogP contribution in [0.4, 0.5) is 5.69 Å². The van der Waals surface area contributed by atoms with Crippen molar-refractivity contribution in [2.75, 3.05) is 0 Å². The number of hydrogen-bond donors (Lipinski definition) is 0. The Kier molecular flexibility index (Phi) is 11.7. The Labute approximate surface area is 250 Å². The highest BCUT2D eigenvalue weighted by Crippen LogP contribution is 2.29. The molecule has 4 nitrogen and oxygen atoms in total. The summed E-state index contributed by atoms with van der Waals surface area (Å²) in [7, 11) is 0. The first-order valence-corrected chi connectivity index (χ1v) is 15.5. The number of pyridine rings is 1. The summed E-state index contributed by atoms with van der Waals surface area (Å²) in [6.07, 6.45) is 8.07. The van der Waals surface area contributed by atoms with Gasteiger partial charge in [-0.15, -0.1) is 11.3 Å². The van der Waals surface area contributed by atoms with Crippen molar-refractivity contribution in [2.45, 2.75) is 78.7 Å². The van der Waals surface area contributed by atoms with Crippen LogP contribution in [-0.4, -0.2) is 15.7 Å². The molecule has 2 heterocycles. The minimum Gasteiger partial charge on any atom is -0.473 e. The number of hydrogen-bond acceptors (Lipinski definition) is 5. The van der Waals surface area contributed by atoms with Gasteiger partial charge in [-0.2, -0.15) is 0 Å². The zero-order valence-electron chi connectivity index (χ0n) is 24.8. The molecule has 0 saturated heterocycles. The Balaban J connectivity index is 1.35. The predicted molar refractivity (Wildman–Crippen MR) is 172 cm³/mol. The molecule has 0 fully saturated rings. The van der Waals surface area contributed by atoms with Crippen LogP contribution in [-0.2, 0) is 13.0 Å². The molecule has 0 amide bonds. The topological polar surface area (TPSA) is 47.4 Å². The lowest BCUT2D eigenvalue weighted by atomic mass is 9.89. The van der Waals surface area contributed by atoms with Gasteiger partial charge in [-0.25, -0.2) is 4.98 Å². The molecule has 4 rings (SSSR count). The minimum absolute atomic E-state index is 0.428. The molecule has 2 aromatic heterocycles. The fourth-order valence-electron chi connectivity index (χ4n) is 5.01. The highest BCUT2D eigenvalue weighted by molar-refractivity contribution is 7.09. The molecule has 0 aliphatic rings. The van der Waals surface area contributed by atoms with E-state index >= 15 is 0 Å². The largest absolute Gasteiger partial charge is 0.473 e. The second-order valence-corrected chi connectivity index (χ2v) is 11.8. The van der Waals surface area contributed by atoms with Gasteiger partial charge in [0.25, 0.3) is 0 Å². The van der Waals surface area contributed by atoms with Crippen molar-refractivity contribution in [3.63, 3.8) is 0 Å². The molecule has 2 atom stereocenters. The molecular formula is C36H41N3OS. The van der Waals surface area contributed by atoms with Gasteiger partial charge in [-0.05, 0) is 74.8 Å². The average molecular weight is 564 g/mol. The second-order valence-electron chi connectivity index (χ2n) is 10.9. The number of aromatic nitrogens is 2. The maximum absolute atomic E-state index is 6.02. The summed E-state index contributed by atoms with van der Waals surface area (Å²) in [5.74, 6) is 8.31. The van der Waals surface area contributed by atoms with Gasteiger partial charge in [0, 0.05) is 40.9 Å². The van der Waals surface area contributed by atoms with E-state index in [2.05, 4.69) is 87.0 Å². The van der Waals surface area contributed by atoms with Crippen LogP contribution in [0.1, 0.15) is 86.1 Å². The maximum Gasteiger partial charge on any atom is 0.213 e. The lowest BCUT2D eigenvalue weighted by Gasteiger charge is -2.19. The molecule has 4 aromatic rings. The Morgan fingerprint density at radius 2 is 1.88 bits per heavy atom. The Morgan fingerprint density at radius 1 is 1.02 bits per heavy atom. The number of benzene rings is 2. The number of ether oxygens (including phenoxy) is 1. The summed E-state index contributed by atoms with van der Waals surface area (Å²) in [5, 5.41) is 0. The van der Waals surface area contributed by atoms with E-state index < -0.39 is 0 Å². The van der Waals surface area contributed by atoms with Gasteiger partial charge >= 0.3 is 0 Å². The van der Waals surface area contributed by atoms with Gasteiger partial charge in [0.1, 0.15) is 6.61 Å². The molecule has 212 valence electrons. The molecule has 0 N–H and O–H groups in total. The van der Waals surface area contributed by atoms with E-state index in [0.29, 0.717) is 30.7 Å². The van der Waals surface area contributed by atoms with Crippen molar-refractivity contribution < 1.29 is 4.74 Å². The number of thiazole rings is 1. The van der Waals surface area contributed by atoms with Crippen LogP contribution in [0.15, 0.2) is 83.4 Å². The Morgan fingerprint density at radius 3 is 2.66 bits per heavy atom. The van der Waals surface area contributed by atoms with E-state index in [1.54, 1.807) is 11.3 Å². The number of aryl methyl sites for hydroxylation is 1. The van der Waals surface area contributed by atoms with Crippen LogP contribution < -0.4 is 4.74 Å². The molecule has 0 bridgehead atoms. The van der Waals surface area contributed by atoms with E-state index in [1.165, 1.54) is 10.4 Å². The summed E-state index contributed by atoms with van der Waals surface area (Å²) in [4.78, 5) is 15.2. The molecule has 0 spiro atoms. The quantitative estimate of drug-likeness (QED) is 0.120. The predicted octanol–water partition coefficient (Wildman–Crippen LogP) is 9.50. The third kappa shape index (κ3) is 9.99. The molecule has 0 aliphatic carbocycles. The van der Waals surface area contributed by atoms with Crippen LogP contribution in [0.25, 0.3) is 0 Å². The minimum atomic E-state index is 0.428. The van der Waals surface area contributed by atoms with Gasteiger partial charge in [0.05, 0.1) is 16.8 Å². The van der Waals surface area contributed by atoms with Gasteiger partial charge in [0.15, 0.2) is 0 Å². The van der Waals surface area contributed by atoms with Gasteiger partial charge in [0.2, 0.25) is 5.88 Å². The first-order chi connectivity index (χ1) is 20.0. The summed E-state index contributed by atoms with van der Waals surface area (Å²) in [5.41, 5.74) is 8.43. The van der Waals surface area contributed by atoms with Crippen molar-refractivity contribution in [3.8, 4) is 17.7 Å². The molecule has 0 radical (unpaired) electrons. The average Bonchev–Trinajstić information content (AvgIpc) is 3.50. The first kappa shape index (κ1) is 30.2. The summed E-state index contributed by atoms with van der Waals surface area (Å²) in [6, 6.07) is 22.8. The van der Waals surface area contributed by atoms with E-state index in [9.17, 15) is 0 Å². The zero-order valence-corrected chi connectivity index (χ0v) is 25.6. The van der Waals surface area contributed by atoms with Crippen molar-refractivity contribution in [2.24, 2.45) is 10.9 Å². The van der Waals surface area contributed by atoms with Crippen LogP contribution >= 0.6 is 11.3 Å². The maximum atomic E-state index is 6.02. The van der Waals surface area contributed by atoms with E-state index in [1.807, 2.05) is 36.0 Å². The molecule has 2 unspecified atom stereocenters. The SMILES string of the molecule is CCCC(CCC(C)CC(C)=Nc1ccc(C)cc1C#CCc1cncs1)c1cccc(OCc2ccccc2)n1. The monoisotopic (exact) mass is 563 g/mol. The number of nitrogens with zero attached hydrogens (tertiary/aromatic N) is 3. The van der Waals surface area contributed by atoms with Crippen LogP contribution in [0.5, 0.6) is 5.88 Å². The first-order valence-electron chi connectivity index (χ1n) is 14.6.